The fourth-order valence-corrected chi connectivity index (χ4v) is 3.23. The molecular weight excluding hydrogens is 348 g/mol. The molecule has 0 spiro atoms. The Balaban J connectivity index is 1.60. The predicted molar refractivity (Wildman–Crippen MR) is 98.7 cm³/mol. The van der Waals surface area contributed by atoms with Gasteiger partial charge >= 0.3 is 0 Å². The van der Waals surface area contributed by atoms with E-state index in [1.807, 2.05) is 0 Å². The van der Waals surface area contributed by atoms with Gasteiger partial charge in [-0.15, -0.1) is 0 Å². The van der Waals surface area contributed by atoms with Crippen molar-refractivity contribution in [2.75, 3.05) is 11.9 Å². The van der Waals surface area contributed by atoms with Crippen LogP contribution in [0.1, 0.15) is 28.4 Å². The van der Waals surface area contributed by atoms with Crippen LogP contribution in [0.25, 0.3) is 0 Å². The van der Waals surface area contributed by atoms with Gasteiger partial charge in [0.1, 0.15) is 17.5 Å². The molecule has 1 fully saturated rings. The molecule has 0 radical (unpaired) electrons. The molecule has 4 rings (SSSR count). The van der Waals surface area contributed by atoms with E-state index in [-0.39, 0.29) is 23.6 Å². The molecule has 136 valence electrons. The molecule has 1 N–H and O–H groups in total. The molecule has 0 unspecified atom stereocenters. The van der Waals surface area contributed by atoms with E-state index < -0.39 is 0 Å². The maximum atomic E-state index is 14.1. The third kappa shape index (κ3) is 3.38. The van der Waals surface area contributed by atoms with Crippen molar-refractivity contribution in [1.82, 2.24) is 9.88 Å². The number of hydrogen-bond donors (Lipinski definition) is 1. The Morgan fingerprint density at radius 3 is 2.67 bits per heavy atom. The van der Waals surface area contributed by atoms with Crippen molar-refractivity contribution in [2.24, 2.45) is 0 Å². The minimum absolute atomic E-state index is 0.235. The van der Waals surface area contributed by atoms with Crippen molar-refractivity contribution in [3.63, 3.8) is 0 Å². The number of anilines is 2. The maximum absolute atomic E-state index is 14.1. The third-order valence-corrected chi connectivity index (χ3v) is 4.67. The molecule has 6 heteroatoms. The predicted octanol–water partition coefficient (Wildman–Crippen LogP) is 4.69. The second-order valence-electron chi connectivity index (χ2n) is 6.36. The molecule has 1 atom stereocenters. The fourth-order valence-electron chi connectivity index (χ4n) is 3.23. The molecule has 27 heavy (non-hydrogen) atoms. The van der Waals surface area contributed by atoms with Crippen LogP contribution in [0.2, 0.25) is 0 Å². The zero-order chi connectivity index (χ0) is 18.8. The van der Waals surface area contributed by atoms with Crippen LogP contribution in [0.5, 0.6) is 0 Å². The van der Waals surface area contributed by atoms with Crippen molar-refractivity contribution in [3.8, 4) is 0 Å². The first-order valence-electron chi connectivity index (χ1n) is 8.66. The van der Waals surface area contributed by atoms with Crippen molar-refractivity contribution in [2.45, 2.75) is 12.5 Å². The normalized spacial score (nSPS) is 15.9. The number of hydrogen-bond acceptors (Lipinski definition) is 3. The Labute approximate surface area is 155 Å². The van der Waals surface area contributed by atoms with E-state index in [0.717, 1.165) is 0 Å². The van der Waals surface area contributed by atoms with Crippen LogP contribution in [0, 0.1) is 11.6 Å². The zero-order valence-electron chi connectivity index (χ0n) is 14.4. The van der Waals surface area contributed by atoms with Crippen LogP contribution >= 0.6 is 0 Å². The highest BCUT2D eigenvalue weighted by Crippen LogP contribution is 2.36. The lowest BCUT2D eigenvalue weighted by atomic mass is 9.93. The Kier molecular flexibility index (Phi) is 4.54. The summed E-state index contributed by atoms with van der Waals surface area (Å²) in [5.74, 6) is -0.593. The number of carbonyl (C=O) groups is 1. The highest BCUT2D eigenvalue weighted by atomic mass is 19.1. The summed E-state index contributed by atoms with van der Waals surface area (Å²) in [6.07, 6.45) is 2.27. The van der Waals surface area contributed by atoms with E-state index in [0.29, 0.717) is 35.6 Å². The van der Waals surface area contributed by atoms with Gasteiger partial charge in [-0.05, 0) is 42.8 Å². The van der Waals surface area contributed by atoms with Gasteiger partial charge in [-0.25, -0.2) is 13.8 Å². The molecule has 1 aliphatic rings. The quantitative estimate of drug-likeness (QED) is 0.729. The van der Waals surface area contributed by atoms with Gasteiger partial charge in [-0.3, -0.25) is 4.79 Å². The van der Waals surface area contributed by atoms with Crippen LogP contribution in [0.15, 0.2) is 66.9 Å². The molecular formula is C21H17F2N3O. The van der Waals surface area contributed by atoms with Gasteiger partial charge in [-0.2, -0.15) is 0 Å². The Morgan fingerprint density at radius 2 is 1.93 bits per heavy atom. The minimum atomic E-state index is -0.383. The van der Waals surface area contributed by atoms with Gasteiger partial charge in [0.15, 0.2) is 0 Å². The summed E-state index contributed by atoms with van der Waals surface area (Å²) >= 11 is 0. The summed E-state index contributed by atoms with van der Waals surface area (Å²) in [5, 5.41) is 2.99. The zero-order valence-corrected chi connectivity index (χ0v) is 14.4. The molecule has 0 bridgehead atoms. The second kappa shape index (κ2) is 7.15. The summed E-state index contributed by atoms with van der Waals surface area (Å²) < 4.78 is 27.5. The summed E-state index contributed by atoms with van der Waals surface area (Å²) in [7, 11) is 0. The largest absolute Gasteiger partial charge is 0.339 e. The first kappa shape index (κ1) is 17.1. The molecule has 2 aromatic carbocycles. The van der Waals surface area contributed by atoms with Crippen molar-refractivity contribution < 1.29 is 13.6 Å². The number of nitrogens with one attached hydrogen (secondary N) is 1. The van der Waals surface area contributed by atoms with Crippen molar-refractivity contribution in [1.29, 1.82) is 0 Å². The second-order valence-corrected chi connectivity index (χ2v) is 6.36. The van der Waals surface area contributed by atoms with Crippen LogP contribution in [0.3, 0.4) is 0 Å². The number of amides is 1. The number of carbonyl (C=O) groups excluding carboxylic acids is 1. The highest BCUT2D eigenvalue weighted by Gasteiger charge is 2.36. The van der Waals surface area contributed by atoms with Gasteiger partial charge in [0.2, 0.25) is 0 Å². The summed E-state index contributed by atoms with van der Waals surface area (Å²) in [5.41, 5.74) is 1.38. The van der Waals surface area contributed by atoms with Crippen molar-refractivity contribution in [3.05, 3.63) is 89.6 Å². The topological polar surface area (TPSA) is 45.2 Å². The molecule has 1 amide bonds. The molecule has 2 heterocycles. The summed E-state index contributed by atoms with van der Waals surface area (Å²) in [6, 6.07) is 15.5. The average Bonchev–Trinajstić information content (AvgIpc) is 2.63. The lowest BCUT2D eigenvalue weighted by Gasteiger charge is -2.41. The van der Waals surface area contributed by atoms with E-state index in [4.69, 9.17) is 0 Å². The number of benzene rings is 2. The van der Waals surface area contributed by atoms with E-state index in [1.54, 1.807) is 53.6 Å². The lowest BCUT2D eigenvalue weighted by Crippen LogP contribution is -2.45. The van der Waals surface area contributed by atoms with Gasteiger partial charge in [-0.1, -0.05) is 24.3 Å². The average molecular weight is 365 g/mol. The Morgan fingerprint density at radius 1 is 1.07 bits per heavy atom. The lowest BCUT2D eigenvalue weighted by molar-refractivity contribution is 0.0454. The van der Waals surface area contributed by atoms with E-state index in [1.165, 1.54) is 18.2 Å². The molecule has 3 aromatic rings. The molecule has 0 saturated carbocycles. The van der Waals surface area contributed by atoms with Gasteiger partial charge in [0, 0.05) is 24.0 Å². The van der Waals surface area contributed by atoms with Crippen LogP contribution in [0.4, 0.5) is 20.3 Å². The molecule has 0 aliphatic carbocycles. The van der Waals surface area contributed by atoms with Crippen molar-refractivity contribution >= 4 is 17.4 Å². The summed E-state index contributed by atoms with van der Waals surface area (Å²) in [6.45, 7) is 0.548. The molecule has 4 nitrogen and oxygen atoms in total. The fraction of sp³-hybridized carbons (Fsp3) is 0.143. The molecule has 1 saturated heterocycles. The number of halogens is 2. The number of aromatic nitrogens is 1. The van der Waals surface area contributed by atoms with Crippen LogP contribution in [-0.4, -0.2) is 22.3 Å². The molecule has 1 aromatic heterocycles. The number of nitrogens with zero attached hydrogens (tertiary/aromatic N) is 2. The number of pyridine rings is 1. The van der Waals surface area contributed by atoms with E-state index >= 15 is 0 Å². The van der Waals surface area contributed by atoms with Crippen LogP contribution in [-0.2, 0) is 0 Å². The monoisotopic (exact) mass is 365 g/mol. The SMILES string of the molecule is O=C(c1cccnc1Nc1cccc(F)c1)N1CC[C@@H]1c1ccccc1F. The van der Waals surface area contributed by atoms with Crippen LogP contribution < -0.4 is 5.32 Å². The number of rotatable bonds is 4. The smallest absolute Gasteiger partial charge is 0.258 e. The van der Waals surface area contributed by atoms with Gasteiger partial charge in [0.05, 0.1) is 11.6 Å². The Bertz CT molecular complexity index is 992. The first-order chi connectivity index (χ1) is 13.1. The third-order valence-electron chi connectivity index (χ3n) is 4.67. The van der Waals surface area contributed by atoms with Gasteiger partial charge in [0.25, 0.3) is 5.91 Å². The maximum Gasteiger partial charge on any atom is 0.258 e. The summed E-state index contributed by atoms with van der Waals surface area (Å²) in [4.78, 5) is 18.9. The molecule has 1 aliphatic heterocycles. The number of likely N-dealkylation sites (tertiary alicyclic amines) is 1. The standard InChI is InChI=1S/C21H17F2N3O/c22-14-5-3-6-15(13-14)25-20-17(8-4-11-24-20)21(27)26-12-10-19(26)16-7-1-2-9-18(16)23/h1-9,11,13,19H,10,12H2,(H,24,25)/t19-/m1/s1. The van der Waals surface area contributed by atoms with E-state index in [2.05, 4.69) is 10.3 Å². The van der Waals surface area contributed by atoms with Gasteiger partial charge < -0.3 is 10.2 Å². The highest BCUT2D eigenvalue weighted by molar-refractivity contribution is 6.00. The first-order valence-corrected chi connectivity index (χ1v) is 8.66. The van der Waals surface area contributed by atoms with E-state index in [9.17, 15) is 13.6 Å². The minimum Gasteiger partial charge on any atom is -0.339 e. The Hall–Kier alpha value is -3.28.